The largest absolute Gasteiger partial charge is 0.467 e. The van der Waals surface area contributed by atoms with Crippen molar-refractivity contribution < 1.29 is 9.52 Å². The van der Waals surface area contributed by atoms with Crippen LogP contribution in [0.4, 0.5) is 0 Å². The maximum absolute atomic E-state index is 12.9. The molecule has 3 aromatic heterocycles. The maximum atomic E-state index is 12.9. The summed E-state index contributed by atoms with van der Waals surface area (Å²) in [7, 11) is 0. The molecule has 0 aliphatic carbocycles. The van der Waals surface area contributed by atoms with Crippen LogP contribution in [0.15, 0.2) is 51.9 Å². The molecule has 0 aliphatic rings. The molecule has 0 fully saturated rings. The van der Waals surface area contributed by atoms with Crippen LogP contribution in [0.3, 0.4) is 0 Å². The zero-order valence-electron chi connectivity index (χ0n) is 18.4. The third-order valence-electron chi connectivity index (χ3n) is 5.71. The van der Waals surface area contributed by atoms with Crippen molar-refractivity contribution >= 4 is 10.9 Å². The van der Waals surface area contributed by atoms with E-state index in [1.54, 1.807) is 10.9 Å². The zero-order valence-corrected chi connectivity index (χ0v) is 18.4. The first-order valence-corrected chi connectivity index (χ1v) is 10.9. The van der Waals surface area contributed by atoms with E-state index in [9.17, 15) is 9.90 Å². The molecule has 168 valence electrons. The molecule has 0 bridgehead atoms. The summed E-state index contributed by atoms with van der Waals surface area (Å²) in [6, 6.07) is 11.5. The molecule has 4 rings (SSSR count). The standard InChI is InChI=1S/C23H28N6O3/c1-3-20(22-25-26-27-29(22)15-19-9-5-12-32-19)28(10-6-11-30)14-18-13-17-8-4-7-16(2)21(17)24-23(18)31/h4-5,7-9,12-13,20,30H,3,6,10-11,14-15H2,1-2H3,(H,24,31)/t20-/m0/s1. The summed E-state index contributed by atoms with van der Waals surface area (Å²) < 4.78 is 7.18. The Balaban J connectivity index is 1.66. The summed E-state index contributed by atoms with van der Waals surface area (Å²) in [4.78, 5) is 18.1. The molecule has 0 amide bonds. The summed E-state index contributed by atoms with van der Waals surface area (Å²) in [6.45, 7) is 5.57. The van der Waals surface area contributed by atoms with E-state index in [2.05, 4.69) is 32.3 Å². The Hall–Kier alpha value is -3.30. The van der Waals surface area contributed by atoms with Gasteiger partial charge in [0.15, 0.2) is 5.82 Å². The van der Waals surface area contributed by atoms with Gasteiger partial charge in [0.25, 0.3) is 5.56 Å². The number of hydrogen-bond donors (Lipinski definition) is 2. The predicted molar refractivity (Wildman–Crippen MR) is 120 cm³/mol. The van der Waals surface area contributed by atoms with E-state index in [0.717, 1.165) is 28.6 Å². The second-order valence-corrected chi connectivity index (χ2v) is 7.91. The molecule has 3 heterocycles. The number of aliphatic hydroxyl groups is 1. The fourth-order valence-electron chi connectivity index (χ4n) is 4.10. The van der Waals surface area contributed by atoms with Gasteiger partial charge in [-0.2, -0.15) is 0 Å². The summed E-state index contributed by atoms with van der Waals surface area (Å²) in [5.41, 5.74) is 2.46. The third-order valence-corrected chi connectivity index (χ3v) is 5.71. The van der Waals surface area contributed by atoms with E-state index in [1.165, 1.54) is 0 Å². The number of H-pyrrole nitrogens is 1. The van der Waals surface area contributed by atoms with Crippen LogP contribution in [-0.4, -0.2) is 48.3 Å². The third kappa shape index (κ3) is 4.63. The van der Waals surface area contributed by atoms with Gasteiger partial charge in [-0.25, -0.2) is 4.68 Å². The Bertz CT molecular complexity index is 1210. The van der Waals surface area contributed by atoms with Crippen LogP contribution in [0.2, 0.25) is 0 Å². The van der Waals surface area contributed by atoms with Gasteiger partial charge >= 0.3 is 0 Å². The Kier molecular flexibility index (Phi) is 6.77. The normalized spacial score (nSPS) is 12.6. The Morgan fingerprint density at radius 2 is 2.16 bits per heavy atom. The van der Waals surface area contributed by atoms with Crippen LogP contribution < -0.4 is 5.56 Å². The van der Waals surface area contributed by atoms with Gasteiger partial charge in [-0.15, -0.1) is 5.10 Å². The average molecular weight is 437 g/mol. The number of fused-ring (bicyclic) bond motifs is 1. The maximum Gasteiger partial charge on any atom is 0.252 e. The van der Waals surface area contributed by atoms with Gasteiger partial charge in [-0.1, -0.05) is 25.1 Å². The van der Waals surface area contributed by atoms with Crippen LogP contribution >= 0.6 is 0 Å². The number of rotatable bonds is 10. The topological polar surface area (TPSA) is 113 Å². The molecule has 0 spiro atoms. The molecular formula is C23H28N6O3. The summed E-state index contributed by atoms with van der Waals surface area (Å²) >= 11 is 0. The van der Waals surface area contributed by atoms with Gasteiger partial charge in [-0.05, 0) is 59.3 Å². The van der Waals surface area contributed by atoms with Gasteiger partial charge in [-0.3, -0.25) is 9.69 Å². The molecule has 1 atom stereocenters. The van der Waals surface area contributed by atoms with E-state index >= 15 is 0 Å². The number of nitrogens with zero attached hydrogens (tertiary/aromatic N) is 5. The number of hydrogen-bond acceptors (Lipinski definition) is 7. The Morgan fingerprint density at radius 3 is 2.91 bits per heavy atom. The van der Waals surface area contributed by atoms with Crippen molar-refractivity contribution in [1.29, 1.82) is 0 Å². The van der Waals surface area contributed by atoms with Crippen LogP contribution in [0.5, 0.6) is 0 Å². The van der Waals surface area contributed by atoms with E-state index in [-0.39, 0.29) is 18.2 Å². The van der Waals surface area contributed by atoms with E-state index in [0.29, 0.717) is 37.4 Å². The minimum atomic E-state index is -0.126. The van der Waals surface area contributed by atoms with E-state index < -0.39 is 0 Å². The number of benzene rings is 1. The molecule has 0 saturated heterocycles. The molecule has 2 N–H and O–H groups in total. The minimum Gasteiger partial charge on any atom is -0.467 e. The lowest BCUT2D eigenvalue weighted by molar-refractivity contribution is 0.152. The molecule has 1 aromatic carbocycles. The highest BCUT2D eigenvalue weighted by Crippen LogP contribution is 2.25. The van der Waals surface area contributed by atoms with Crippen molar-refractivity contribution in [1.82, 2.24) is 30.1 Å². The van der Waals surface area contributed by atoms with E-state index in [1.807, 2.05) is 43.3 Å². The fraction of sp³-hybridized carbons (Fsp3) is 0.391. The lowest BCUT2D eigenvalue weighted by Gasteiger charge is -2.30. The number of nitrogens with one attached hydrogen (secondary N) is 1. The number of furan rings is 1. The smallest absolute Gasteiger partial charge is 0.252 e. The Labute approximate surface area is 185 Å². The fourth-order valence-corrected chi connectivity index (χ4v) is 4.10. The van der Waals surface area contributed by atoms with Crippen molar-refractivity contribution in [3.63, 3.8) is 0 Å². The summed E-state index contributed by atoms with van der Waals surface area (Å²) in [5, 5.41) is 22.8. The number of aryl methyl sites for hydroxylation is 1. The first-order valence-electron chi connectivity index (χ1n) is 10.9. The van der Waals surface area contributed by atoms with Crippen LogP contribution in [0.1, 0.15) is 48.5 Å². The number of aromatic nitrogens is 5. The lowest BCUT2D eigenvalue weighted by atomic mass is 10.1. The van der Waals surface area contributed by atoms with Gasteiger partial charge in [0.1, 0.15) is 12.3 Å². The number of aromatic amines is 1. The highest BCUT2D eigenvalue weighted by molar-refractivity contribution is 5.81. The van der Waals surface area contributed by atoms with Gasteiger partial charge in [0, 0.05) is 25.3 Å². The lowest BCUT2D eigenvalue weighted by Crippen LogP contribution is -2.34. The van der Waals surface area contributed by atoms with Gasteiger partial charge < -0.3 is 14.5 Å². The molecule has 9 heteroatoms. The van der Waals surface area contributed by atoms with Crippen molar-refractivity contribution in [3.8, 4) is 0 Å². The summed E-state index contributed by atoms with van der Waals surface area (Å²) in [5.74, 6) is 1.46. The van der Waals surface area contributed by atoms with Gasteiger partial charge in [0.2, 0.25) is 0 Å². The monoisotopic (exact) mass is 436 g/mol. The highest BCUT2D eigenvalue weighted by Gasteiger charge is 2.26. The quantitative estimate of drug-likeness (QED) is 0.393. The zero-order chi connectivity index (χ0) is 22.5. The molecule has 4 aromatic rings. The molecule has 32 heavy (non-hydrogen) atoms. The minimum absolute atomic E-state index is 0.0670. The summed E-state index contributed by atoms with van der Waals surface area (Å²) in [6.07, 6.45) is 2.95. The van der Waals surface area contributed by atoms with Crippen molar-refractivity contribution in [2.75, 3.05) is 13.2 Å². The van der Waals surface area contributed by atoms with Crippen molar-refractivity contribution in [2.24, 2.45) is 0 Å². The van der Waals surface area contributed by atoms with Crippen molar-refractivity contribution in [3.05, 3.63) is 75.7 Å². The van der Waals surface area contributed by atoms with Crippen LogP contribution in [0.25, 0.3) is 10.9 Å². The number of pyridine rings is 1. The van der Waals surface area contributed by atoms with Gasteiger partial charge in [0.05, 0.1) is 17.8 Å². The first-order chi connectivity index (χ1) is 15.6. The predicted octanol–water partition coefficient (Wildman–Crippen LogP) is 2.80. The number of tetrazole rings is 1. The first kappa shape index (κ1) is 21.9. The highest BCUT2D eigenvalue weighted by atomic mass is 16.3. The molecule has 9 nitrogen and oxygen atoms in total. The second kappa shape index (κ2) is 9.88. The number of para-hydroxylation sites is 1. The second-order valence-electron chi connectivity index (χ2n) is 7.91. The Morgan fingerprint density at radius 1 is 1.28 bits per heavy atom. The van der Waals surface area contributed by atoms with Crippen LogP contribution in [-0.2, 0) is 13.1 Å². The molecule has 0 unspecified atom stereocenters. The average Bonchev–Trinajstić information content (AvgIpc) is 3.46. The molecule has 0 saturated carbocycles. The molecule has 0 aliphatic heterocycles. The van der Waals surface area contributed by atoms with Crippen molar-refractivity contribution in [2.45, 2.75) is 45.8 Å². The van der Waals surface area contributed by atoms with E-state index in [4.69, 9.17) is 4.42 Å². The molecular weight excluding hydrogens is 408 g/mol. The molecule has 0 radical (unpaired) electrons. The SMILES string of the molecule is CC[C@@H](c1nnnn1Cc1ccco1)N(CCCO)Cc1cc2cccc(C)c2[nH]c1=O. The van der Waals surface area contributed by atoms with Crippen LogP contribution in [0, 0.1) is 6.92 Å². The number of aliphatic hydroxyl groups excluding tert-OH is 1.